The first-order chi connectivity index (χ1) is 14.7. The number of aryl methyl sites for hydroxylation is 1. The Balaban J connectivity index is 1.42. The second-order valence-corrected chi connectivity index (χ2v) is 9.41. The number of nitrogens with zero attached hydrogens (tertiary/aromatic N) is 1. The Kier molecular flexibility index (Phi) is 7.11. The van der Waals surface area contributed by atoms with Gasteiger partial charge < -0.3 is 4.74 Å². The van der Waals surface area contributed by atoms with Crippen LogP contribution in [0.4, 0.5) is 0 Å². The summed E-state index contributed by atoms with van der Waals surface area (Å²) in [5.41, 5.74) is 3.53. The lowest BCUT2D eigenvalue weighted by atomic mass is 10.2. The predicted molar refractivity (Wildman–Crippen MR) is 122 cm³/mol. The SMILES string of the molecule is Cc1ccc(S(=O)c2ccccc2CN2CCC[C@H]2COCc2ccccc2)cc1. The Bertz CT molecular complexity index is 972. The Hall–Kier alpha value is -2.27. The highest BCUT2D eigenvalue weighted by molar-refractivity contribution is 7.85. The van der Waals surface area contributed by atoms with Crippen LogP contribution in [0.1, 0.15) is 29.5 Å². The average molecular weight is 420 g/mol. The van der Waals surface area contributed by atoms with Gasteiger partial charge in [0.05, 0.1) is 24.0 Å². The summed E-state index contributed by atoms with van der Waals surface area (Å²) in [5, 5.41) is 0. The molecule has 3 aromatic carbocycles. The maximum absolute atomic E-state index is 13.2. The van der Waals surface area contributed by atoms with Gasteiger partial charge >= 0.3 is 0 Å². The van der Waals surface area contributed by atoms with Crippen LogP contribution in [-0.2, 0) is 28.7 Å². The van der Waals surface area contributed by atoms with E-state index < -0.39 is 10.8 Å². The molecule has 1 aliphatic heterocycles. The van der Waals surface area contributed by atoms with Gasteiger partial charge in [-0.2, -0.15) is 0 Å². The van der Waals surface area contributed by atoms with Gasteiger partial charge in [0.2, 0.25) is 0 Å². The number of ether oxygens (including phenoxy) is 1. The Morgan fingerprint density at radius 2 is 1.70 bits per heavy atom. The van der Waals surface area contributed by atoms with E-state index in [1.54, 1.807) is 0 Å². The molecule has 4 heteroatoms. The van der Waals surface area contributed by atoms with Crippen LogP contribution < -0.4 is 0 Å². The Morgan fingerprint density at radius 3 is 2.50 bits per heavy atom. The first kappa shape index (κ1) is 21.0. The summed E-state index contributed by atoms with van der Waals surface area (Å²) in [4.78, 5) is 4.25. The third-order valence-electron chi connectivity index (χ3n) is 5.70. The quantitative estimate of drug-likeness (QED) is 0.493. The minimum absolute atomic E-state index is 0.412. The summed E-state index contributed by atoms with van der Waals surface area (Å²) in [6.45, 7) is 5.31. The fourth-order valence-corrected chi connectivity index (χ4v) is 5.21. The minimum Gasteiger partial charge on any atom is -0.375 e. The zero-order chi connectivity index (χ0) is 20.8. The number of likely N-dealkylation sites (tertiary alicyclic amines) is 1. The van der Waals surface area contributed by atoms with E-state index in [1.165, 1.54) is 17.5 Å². The van der Waals surface area contributed by atoms with Crippen LogP contribution in [0, 0.1) is 6.92 Å². The van der Waals surface area contributed by atoms with Gasteiger partial charge in [0.15, 0.2) is 0 Å². The molecule has 0 saturated carbocycles. The number of hydrogen-bond donors (Lipinski definition) is 0. The summed E-state index contributed by atoms with van der Waals surface area (Å²) in [5.74, 6) is 0. The maximum atomic E-state index is 13.2. The first-order valence-corrected chi connectivity index (χ1v) is 11.8. The van der Waals surface area contributed by atoms with E-state index in [-0.39, 0.29) is 0 Å². The first-order valence-electron chi connectivity index (χ1n) is 10.6. The van der Waals surface area contributed by atoms with Crippen molar-refractivity contribution in [2.75, 3.05) is 13.2 Å². The third-order valence-corrected chi connectivity index (χ3v) is 7.20. The van der Waals surface area contributed by atoms with Crippen LogP contribution in [0.2, 0.25) is 0 Å². The molecule has 0 radical (unpaired) electrons. The molecule has 1 aliphatic rings. The predicted octanol–water partition coefficient (Wildman–Crippen LogP) is 5.34. The molecule has 0 bridgehead atoms. The topological polar surface area (TPSA) is 29.5 Å². The zero-order valence-electron chi connectivity index (χ0n) is 17.5. The van der Waals surface area contributed by atoms with Gasteiger partial charge in [0.25, 0.3) is 0 Å². The van der Waals surface area contributed by atoms with Crippen LogP contribution in [0.15, 0.2) is 88.7 Å². The highest BCUT2D eigenvalue weighted by atomic mass is 32.2. The normalized spacial score (nSPS) is 17.8. The second kappa shape index (κ2) is 10.2. The molecule has 156 valence electrons. The van der Waals surface area contributed by atoms with E-state index in [0.717, 1.165) is 41.5 Å². The molecule has 1 fully saturated rings. The van der Waals surface area contributed by atoms with Crippen molar-refractivity contribution in [1.29, 1.82) is 0 Å². The summed E-state index contributed by atoms with van der Waals surface area (Å²) in [7, 11) is -1.17. The van der Waals surface area contributed by atoms with Gasteiger partial charge in [0.1, 0.15) is 0 Å². The van der Waals surface area contributed by atoms with Gasteiger partial charge in [0, 0.05) is 22.4 Å². The van der Waals surface area contributed by atoms with Crippen LogP contribution >= 0.6 is 0 Å². The fourth-order valence-electron chi connectivity index (χ4n) is 4.00. The monoisotopic (exact) mass is 419 g/mol. The van der Waals surface area contributed by atoms with Crippen molar-refractivity contribution in [1.82, 2.24) is 4.90 Å². The summed E-state index contributed by atoms with van der Waals surface area (Å²) < 4.78 is 19.3. The van der Waals surface area contributed by atoms with E-state index in [4.69, 9.17) is 4.74 Å². The summed E-state index contributed by atoms with van der Waals surface area (Å²) in [6.07, 6.45) is 2.33. The smallest absolute Gasteiger partial charge is 0.0852 e. The van der Waals surface area contributed by atoms with E-state index in [1.807, 2.05) is 67.6 Å². The molecule has 0 N–H and O–H groups in total. The Morgan fingerprint density at radius 1 is 0.967 bits per heavy atom. The van der Waals surface area contributed by atoms with E-state index in [9.17, 15) is 4.21 Å². The lowest BCUT2D eigenvalue weighted by molar-refractivity contribution is 0.0641. The minimum atomic E-state index is -1.17. The fraction of sp³-hybridized carbons (Fsp3) is 0.308. The van der Waals surface area contributed by atoms with Crippen molar-refractivity contribution < 1.29 is 8.95 Å². The lowest BCUT2D eigenvalue weighted by Gasteiger charge is -2.25. The van der Waals surface area contributed by atoms with E-state index >= 15 is 0 Å². The van der Waals surface area contributed by atoms with Crippen LogP contribution in [-0.4, -0.2) is 28.3 Å². The highest BCUT2D eigenvalue weighted by Crippen LogP contribution is 2.26. The zero-order valence-corrected chi connectivity index (χ0v) is 18.3. The summed E-state index contributed by atoms with van der Waals surface area (Å²) >= 11 is 0. The molecule has 3 nitrogen and oxygen atoms in total. The van der Waals surface area contributed by atoms with Gasteiger partial charge in [-0.1, -0.05) is 66.2 Å². The molecule has 3 aromatic rings. The van der Waals surface area contributed by atoms with Crippen molar-refractivity contribution in [2.24, 2.45) is 0 Å². The lowest BCUT2D eigenvalue weighted by Crippen LogP contribution is -2.33. The van der Waals surface area contributed by atoms with Gasteiger partial charge in [-0.25, -0.2) is 4.21 Å². The van der Waals surface area contributed by atoms with Gasteiger partial charge in [-0.15, -0.1) is 0 Å². The van der Waals surface area contributed by atoms with E-state index in [0.29, 0.717) is 12.6 Å². The van der Waals surface area contributed by atoms with Crippen LogP contribution in [0.25, 0.3) is 0 Å². The van der Waals surface area contributed by atoms with Crippen molar-refractivity contribution in [3.8, 4) is 0 Å². The van der Waals surface area contributed by atoms with Crippen molar-refractivity contribution in [3.05, 3.63) is 95.6 Å². The maximum Gasteiger partial charge on any atom is 0.0852 e. The van der Waals surface area contributed by atoms with Crippen molar-refractivity contribution in [2.45, 2.75) is 48.7 Å². The molecule has 0 amide bonds. The number of hydrogen-bond acceptors (Lipinski definition) is 3. The largest absolute Gasteiger partial charge is 0.375 e. The van der Waals surface area contributed by atoms with Gasteiger partial charge in [-0.05, 0) is 55.6 Å². The number of benzene rings is 3. The Labute approximate surface area is 182 Å². The van der Waals surface area contributed by atoms with Crippen LogP contribution in [0.3, 0.4) is 0 Å². The molecule has 2 atom stereocenters. The molecule has 1 saturated heterocycles. The average Bonchev–Trinajstić information content (AvgIpc) is 3.22. The van der Waals surface area contributed by atoms with Crippen molar-refractivity contribution in [3.63, 3.8) is 0 Å². The number of rotatable bonds is 8. The standard InChI is InChI=1S/C26H29NO2S/c1-21-13-15-25(16-14-21)30(28)26-12-6-5-10-23(26)18-27-17-7-11-24(27)20-29-19-22-8-3-2-4-9-22/h2-6,8-10,12-16,24H,7,11,17-20H2,1H3/t24-,30?/m0/s1. The molecule has 0 aromatic heterocycles. The molecular formula is C26H29NO2S. The molecule has 30 heavy (non-hydrogen) atoms. The summed E-state index contributed by atoms with van der Waals surface area (Å²) in [6, 6.07) is 26.9. The van der Waals surface area contributed by atoms with Crippen LogP contribution in [0.5, 0.6) is 0 Å². The molecule has 0 spiro atoms. The third kappa shape index (κ3) is 5.25. The molecular weight excluding hydrogens is 390 g/mol. The molecule has 1 heterocycles. The highest BCUT2D eigenvalue weighted by Gasteiger charge is 2.26. The molecule has 1 unspecified atom stereocenters. The van der Waals surface area contributed by atoms with Crippen molar-refractivity contribution >= 4 is 10.8 Å². The molecule has 4 rings (SSSR count). The second-order valence-electron chi connectivity index (χ2n) is 7.96. The van der Waals surface area contributed by atoms with E-state index in [2.05, 4.69) is 23.1 Å². The molecule has 0 aliphatic carbocycles. The van der Waals surface area contributed by atoms with Gasteiger partial charge in [-0.3, -0.25) is 4.90 Å².